The Morgan fingerprint density at radius 3 is 0.525 bits per heavy atom. The molecule has 9 rings (SSSR count). The van der Waals surface area contributed by atoms with Crippen molar-refractivity contribution >= 4 is 282 Å². The second-order valence-electron chi connectivity index (χ2n) is 15.8. The first-order valence-electron chi connectivity index (χ1n) is 22.2. The van der Waals surface area contributed by atoms with Crippen molar-refractivity contribution in [3.8, 4) is 0 Å². The molecule has 0 aliphatic carbocycles. The molecule has 0 unspecified atom stereocenters. The maximum atomic E-state index is 6.13. The van der Waals surface area contributed by atoms with Gasteiger partial charge >= 0.3 is 79.9 Å². The van der Waals surface area contributed by atoms with Gasteiger partial charge in [-0.1, -0.05) is 101 Å². The monoisotopic (exact) mass is 1550 g/mol. The van der Waals surface area contributed by atoms with E-state index < -0.39 is 23.3 Å². The van der Waals surface area contributed by atoms with Crippen LogP contribution in [0.4, 0.5) is 51.2 Å². The fourth-order valence-electron chi connectivity index (χ4n) is 7.09. The summed E-state index contributed by atoms with van der Waals surface area (Å²) < 4.78 is 3.22. The van der Waals surface area contributed by atoms with Crippen molar-refractivity contribution in [2.75, 3.05) is 14.7 Å². The van der Waals surface area contributed by atoms with E-state index in [0.717, 1.165) is 64.6 Å². The summed E-state index contributed by atoms with van der Waals surface area (Å²) in [7, 11) is 0. The number of anilines is 9. The van der Waals surface area contributed by atoms with Crippen LogP contribution in [-0.4, -0.2) is 23.3 Å². The molecule has 0 atom stereocenters. The zero-order valence-corrected chi connectivity index (χ0v) is 60.8. The Morgan fingerprint density at radius 1 is 0.237 bits per heavy atom. The number of rotatable bonds is 12. The van der Waals surface area contributed by atoms with E-state index in [1.807, 2.05) is 150 Å². The summed E-state index contributed by atoms with van der Waals surface area (Å²) in [5, 5.41) is -0.649. The molecule has 0 bridgehead atoms. The molecule has 0 radical (unpaired) electrons. The molecule has 0 fully saturated rings. The number of halogens is 16. The van der Waals surface area contributed by atoms with Crippen LogP contribution in [0.3, 0.4) is 0 Å². The average Bonchev–Trinajstić information content (AvgIpc) is 3.39. The van der Waals surface area contributed by atoms with Gasteiger partial charge in [-0.15, -0.1) is 180 Å². The first-order valence-corrected chi connectivity index (χ1v) is 45.7. The number of hydrogen-bond donors (Lipinski definition) is 0. The normalized spacial score (nSPS) is 10.9. The molecule has 3 nitrogen and oxygen atoms in total. The van der Waals surface area contributed by atoms with Crippen LogP contribution in [-0.2, 0) is 0 Å². The predicted octanol–water partition coefficient (Wildman–Crippen LogP) is 13.1. The Kier molecular flexibility index (Phi) is 32.9. The Bertz CT molecular complexity index is 2870. The van der Waals surface area contributed by atoms with Crippen LogP contribution in [0.25, 0.3) is 0 Å². The van der Waals surface area contributed by atoms with Gasteiger partial charge in [-0.3, -0.25) is 0 Å². The Morgan fingerprint density at radius 2 is 0.375 bits per heavy atom. The minimum absolute atomic E-state index is 0. The number of benzene rings is 9. The molecular formula is C54H36Br3Cl13Li3N3Si4. The summed E-state index contributed by atoms with van der Waals surface area (Å²) in [5.41, 5.74) is 9.23. The topological polar surface area (TPSA) is 9.72 Å². The first kappa shape index (κ1) is 74.5. The molecule has 0 amide bonds. The van der Waals surface area contributed by atoms with Gasteiger partial charge in [0, 0.05) is 47.5 Å². The standard InChI is InChI=1S/C18H12Br3N.C18H12Cl9NSi3.C18H12N.Cl4Si.3Li/c19-13-1-7-16(8-2-13)22(17-9-3-14(20)4-10-17)18-11-5-15(21)6-12-18;19-29(20,21)16-7-1-13(2-8-16)28(14-3-9-17(10-4-14)30(22,23)24)15-5-11-18(12-6-15)31(25,26)27;1-4-10-16(11-5-1)19(17-12-6-2-7-13-17)18-14-8-3-9-15-18;1-5(2,3)4;;;/h1-12H;1-12H;4-15H;;;;/q;;-3;;3*+1. The molecule has 26 heteroatoms. The van der Waals surface area contributed by atoms with Crippen LogP contribution in [0.15, 0.2) is 232 Å². The Hall–Kier alpha value is 0.250. The van der Waals surface area contributed by atoms with Crippen molar-refractivity contribution < 1.29 is 56.6 Å². The van der Waals surface area contributed by atoms with E-state index in [1.165, 1.54) is 0 Å². The Labute approximate surface area is 594 Å². The third kappa shape index (κ3) is 24.4. The van der Waals surface area contributed by atoms with E-state index in [-0.39, 0.29) is 56.6 Å². The molecule has 398 valence electrons. The van der Waals surface area contributed by atoms with Crippen molar-refractivity contribution in [1.82, 2.24) is 0 Å². The van der Waals surface area contributed by atoms with Gasteiger partial charge in [0.1, 0.15) is 0 Å². The van der Waals surface area contributed by atoms with Crippen LogP contribution in [0.2, 0.25) is 0 Å². The molecule has 80 heavy (non-hydrogen) atoms. The molecule has 0 N–H and O–H groups in total. The van der Waals surface area contributed by atoms with Crippen LogP contribution in [0.1, 0.15) is 0 Å². The second kappa shape index (κ2) is 35.3. The average molecular weight is 1560 g/mol. The largest absolute Gasteiger partial charge is 1.00 e. The van der Waals surface area contributed by atoms with Crippen molar-refractivity contribution in [2.45, 2.75) is 0 Å². The number of hydrogen-bond acceptors (Lipinski definition) is 3. The maximum absolute atomic E-state index is 6.13. The summed E-state index contributed by atoms with van der Waals surface area (Å²) in [5.74, 6) is 0. The van der Waals surface area contributed by atoms with E-state index in [2.05, 4.69) is 149 Å². The van der Waals surface area contributed by atoms with Gasteiger partial charge in [-0.05, 0) is 125 Å². The molecule has 0 saturated heterocycles. The van der Waals surface area contributed by atoms with Gasteiger partial charge in [-0.25, -0.2) is 0 Å². The van der Waals surface area contributed by atoms with Crippen molar-refractivity contribution in [3.05, 3.63) is 250 Å². The molecule has 9 aromatic carbocycles. The molecule has 0 aliphatic rings. The molecule has 0 aliphatic heterocycles. The van der Waals surface area contributed by atoms with Crippen LogP contribution in [0, 0.1) is 18.2 Å². The maximum Gasteiger partial charge on any atom is 1.00 e. The van der Waals surface area contributed by atoms with Crippen molar-refractivity contribution in [3.63, 3.8) is 0 Å². The minimum Gasteiger partial charge on any atom is -0.381 e. The van der Waals surface area contributed by atoms with Gasteiger partial charge in [0.15, 0.2) is 0 Å². The van der Waals surface area contributed by atoms with E-state index >= 15 is 0 Å². The fraction of sp³-hybridized carbons (Fsp3) is 0. The molecule has 0 heterocycles. The fourth-order valence-corrected chi connectivity index (χ4v) is 12.9. The molecule has 0 spiro atoms. The molecule has 0 saturated carbocycles. The molecule has 0 aromatic heterocycles. The predicted molar refractivity (Wildman–Crippen MR) is 361 cm³/mol. The number of nitrogens with zero attached hydrogens (tertiary/aromatic N) is 3. The Balaban J connectivity index is 0.000000304. The summed E-state index contributed by atoms with van der Waals surface area (Å²) in [6.45, 7) is 0. The van der Waals surface area contributed by atoms with E-state index in [1.54, 1.807) is 0 Å². The van der Waals surface area contributed by atoms with E-state index in [9.17, 15) is 0 Å². The third-order valence-corrected chi connectivity index (χ3v) is 20.9. The second-order valence-corrected chi connectivity index (χ2v) is 54.9. The summed E-state index contributed by atoms with van der Waals surface area (Å²) in [4.78, 5) is 6.43. The van der Waals surface area contributed by atoms with Gasteiger partial charge in [-0.2, -0.15) is 54.6 Å². The van der Waals surface area contributed by atoms with Gasteiger partial charge in [0.2, 0.25) is 0 Å². The summed E-state index contributed by atoms with van der Waals surface area (Å²) in [6.07, 6.45) is 0. The molecule has 9 aromatic rings. The zero-order chi connectivity index (χ0) is 56.0. The van der Waals surface area contributed by atoms with Gasteiger partial charge < -0.3 is 14.7 Å². The van der Waals surface area contributed by atoms with Crippen LogP contribution in [0.5, 0.6) is 0 Å². The van der Waals surface area contributed by atoms with E-state index in [0.29, 0.717) is 15.6 Å². The SMILES string of the molecule is Brc1ccc(N(c2ccc(Br)cc2)c2ccc(Br)cc2)cc1.Cl[Si](Cl)(Cl)Cl.Cl[Si](Cl)(Cl)c1ccc(N(c2ccc([Si](Cl)(Cl)Cl)cc2)c2ccc([Si](Cl)(Cl)Cl)cc2)cc1.[Li+].[Li+].[Li+].[c-]1ccc(N(c2cc[c-]cc2)c2cc[c-]cc2)cc1. The smallest absolute Gasteiger partial charge is 0.381 e. The third-order valence-electron chi connectivity index (χ3n) is 10.5. The van der Waals surface area contributed by atoms with Crippen LogP contribution >= 0.6 is 192 Å². The van der Waals surface area contributed by atoms with Crippen molar-refractivity contribution in [2.24, 2.45) is 0 Å². The van der Waals surface area contributed by atoms with Gasteiger partial charge in [0.25, 0.3) is 0 Å². The van der Waals surface area contributed by atoms with Crippen molar-refractivity contribution in [1.29, 1.82) is 0 Å². The molecular weight excluding hydrogens is 1520 g/mol. The van der Waals surface area contributed by atoms with E-state index in [4.69, 9.17) is 144 Å². The zero-order valence-electron chi connectivity index (χ0n) is 42.2. The first-order chi connectivity index (χ1) is 36.3. The minimum atomic E-state index is -2.99. The summed E-state index contributed by atoms with van der Waals surface area (Å²) >= 11 is 85.5. The van der Waals surface area contributed by atoms with Crippen LogP contribution < -0.4 is 86.8 Å². The summed E-state index contributed by atoms with van der Waals surface area (Å²) in [6, 6.07) is 71.2. The quantitative estimate of drug-likeness (QED) is 0.0686. The van der Waals surface area contributed by atoms with Gasteiger partial charge in [0.05, 0.1) is 0 Å².